The molecule has 0 bridgehead atoms. The summed E-state index contributed by atoms with van der Waals surface area (Å²) in [6.45, 7) is 0.633. The molecule has 0 aliphatic heterocycles. The Labute approximate surface area is 155 Å². The van der Waals surface area contributed by atoms with E-state index in [1.54, 1.807) is 12.5 Å². The van der Waals surface area contributed by atoms with Gasteiger partial charge in [-0.05, 0) is 30.5 Å². The number of hydrogen-bond acceptors (Lipinski definition) is 7. The fourth-order valence-electron chi connectivity index (χ4n) is 3.69. The quantitative estimate of drug-likeness (QED) is 0.574. The Morgan fingerprint density at radius 1 is 1.19 bits per heavy atom. The summed E-state index contributed by atoms with van der Waals surface area (Å²) in [6.07, 6.45) is 8.59. The summed E-state index contributed by atoms with van der Waals surface area (Å²) >= 11 is 0. The lowest BCUT2D eigenvalue weighted by Gasteiger charge is -2.27. The Morgan fingerprint density at radius 2 is 2.11 bits per heavy atom. The average molecular weight is 364 g/mol. The van der Waals surface area contributed by atoms with E-state index in [-0.39, 0.29) is 12.1 Å². The van der Waals surface area contributed by atoms with Gasteiger partial charge in [-0.15, -0.1) is 0 Å². The molecule has 0 saturated heterocycles. The molecule has 1 saturated carbocycles. The van der Waals surface area contributed by atoms with Crippen LogP contribution in [0.4, 0.5) is 6.01 Å². The molecule has 1 aliphatic carbocycles. The first-order valence-corrected chi connectivity index (χ1v) is 9.21. The number of fused-ring (bicyclic) bond motifs is 2. The number of aliphatic hydroxyl groups is 1. The molecule has 27 heavy (non-hydrogen) atoms. The van der Waals surface area contributed by atoms with Crippen LogP contribution >= 0.6 is 0 Å². The van der Waals surface area contributed by atoms with Gasteiger partial charge in [-0.2, -0.15) is 4.98 Å². The molecule has 1 aliphatic rings. The summed E-state index contributed by atoms with van der Waals surface area (Å²) in [6, 6.07) is 6.43. The zero-order chi connectivity index (χ0) is 18.2. The highest BCUT2D eigenvalue weighted by atomic mass is 16.4. The van der Waals surface area contributed by atoms with Crippen LogP contribution < -0.4 is 5.32 Å². The van der Waals surface area contributed by atoms with Crippen molar-refractivity contribution < 1.29 is 9.52 Å². The van der Waals surface area contributed by atoms with E-state index in [0.29, 0.717) is 12.6 Å². The van der Waals surface area contributed by atoms with Gasteiger partial charge in [-0.25, -0.2) is 15.0 Å². The summed E-state index contributed by atoms with van der Waals surface area (Å²) in [4.78, 5) is 17.1. The first-order chi connectivity index (χ1) is 13.3. The van der Waals surface area contributed by atoms with Crippen molar-refractivity contribution in [2.45, 2.75) is 44.4 Å². The zero-order valence-corrected chi connectivity index (χ0v) is 14.7. The van der Waals surface area contributed by atoms with Crippen molar-refractivity contribution in [3.8, 4) is 0 Å². The summed E-state index contributed by atoms with van der Waals surface area (Å²) in [7, 11) is 0. The van der Waals surface area contributed by atoms with E-state index < -0.39 is 0 Å². The molecule has 0 amide bonds. The lowest BCUT2D eigenvalue weighted by atomic mass is 9.93. The van der Waals surface area contributed by atoms with Gasteiger partial charge < -0.3 is 19.4 Å². The minimum atomic E-state index is -0.346. The van der Waals surface area contributed by atoms with Crippen molar-refractivity contribution in [3.63, 3.8) is 0 Å². The van der Waals surface area contributed by atoms with Gasteiger partial charge in [0, 0.05) is 0 Å². The lowest BCUT2D eigenvalue weighted by Crippen LogP contribution is -2.36. The second-order valence-corrected chi connectivity index (χ2v) is 7.03. The number of hydrogen-bond donors (Lipinski definition) is 2. The van der Waals surface area contributed by atoms with Gasteiger partial charge in [0.15, 0.2) is 11.2 Å². The third-order valence-electron chi connectivity index (χ3n) is 5.12. The number of oxazole rings is 1. The maximum Gasteiger partial charge on any atom is 0.295 e. The minimum absolute atomic E-state index is 0.00304. The van der Waals surface area contributed by atoms with Crippen molar-refractivity contribution in [1.29, 1.82) is 0 Å². The average Bonchev–Trinajstić information content (AvgIpc) is 3.27. The first-order valence-electron chi connectivity index (χ1n) is 9.21. The number of aromatic nitrogens is 5. The Bertz CT molecular complexity index is 1090. The van der Waals surface area contributed by atoms with Crippen LogP contribution in [0.2, 0.25) is 0 Å². The summed E-state index contributed by atoms with van der Waals surface area (Å²) in [5, 5.41) is 13.4. The highest BCUT2D eigenvalue weighted by molar-refractivity contribution is 5.75. The normalized spacial score (nSPS) is 20.3. The molecule has 8 nitrogen and oxygen atoms in total. The number of benzene rings is 1. The summed E-state index contributed by atoms with van der Waals surface area (Å²) < 4.78 is 7.86. The van der Waals surface area contributed by atoms with Gasteiger partial charge in [0.25, 0.3) is 6.01 Å². The molecular weight excluding hydrogens is 344 g/mol. The van der Waals surface area contributed by atoms with Gasteiger partial charge >= 0.3 is 0 Å². The fourth-order valence-corrected chi connectivity index (χ4v) is 3.69. The lowest BCUT2D eigenvalue weighted by molar-refractivity contribution is 0.115. The first kappa shape index (κ1) is 16.2. The van der Waals surface area contributed by atoms with E-state index in [2.05, 4.69) is 25.3 Å². The van der Waals surface area contributed by atoms with Gasteiger partial charge in [-0.1, -0.05) is 18.9 Å². The number of nitrogens with one attached hydrogen (secondary N) is 1. The Balaban J connectivity index is 1.39. The van der Waals surface area contributed by atoms with Crippen molar-refractivity contribution in [2.75, 3.05) is 5.32 Å². The minimum Gasteiger partial charge on any atom is -0.424 e. The van der Waals surface area contributed by atoms with Gasteiger partial charge in [0.1, 0.15) is 17.4 Å². The predicted molar refractivity (Wildman–Crippen MR) is 100 cm³/mol. The molecular formula is C19H20N6O2. The smallest absolute Gasteiger partial charge is 0.295 e. The van der Waals surface area contributed by atoms with E-state index in [1.165, 1.54) is 6.33 Å². The largest absolute Gasteiger partial charge is 0.424 e. The Kier molecular flexibility index (Phi) is 3.97. The van der Waals surface area contributed by atoms with Crippen LogP contribution in [0.3, 0.4) is 0 Å². The molecule has 0 spiro atoms. The number of anilines is 1. The van der Waals surface area contributed by atoms with Crippen molar-refractivity contribution >= 4 is 28.3 Å². The van der Waals surface area contributed by atoms with Crippen molar-refractivity contribution in [1.82, 2.24) is 24.5 Å². The number of rotatable bonds is 4. The Hall–Kier alpha value is -3.00. The Morgan fingerprint density at radius 3 is 3.04 bits per heavy atom. The zero-order valence-electron chi connectivity index (χ0n) is 14.7. The molecule has 2 atom stereocenters. The van der Waals surface area contributed by atoms with E-state index >= 15 is 0 Å². The second kappa shape index (κ2) is 6.62. The van der Waals surface area contributed by atoms with Gasteiger partial charge in [0.05, 0.1) is 31.2 Å². The molecule has 0 radical (unpaired) electrons. The molecule has 0 unspecified atom stereocenters. The van der Waals surface area contributed by atoms with Crippen LogP contribution in [-0.4, -0.2) is 41.8 Å². The van der Waals surface area contributed by atoms with Crippen LogP contribution in [0.25, 0.3) is 22.3 Å². The van der Waals surface area contributed by atoms with E-state index in [1.807, 2.05) is 22.8 Å². The van der Waals surface area contributed by atoms with Crippen LogP contribution in [0.1, 0.15) is 31.2 Å². The highest BCUT2D eigenvalue weighted by Crippen LogP contribution is 2.25. The molecule has 3 heterocycles. The summed E-state index contributed by atoms with van der Waals surface area (Å²) in [5.41, 5.74) is 4.16. The van der Waals surface area contributed by atoms with E-state index in [4.69, 9.17) is 4.42 Å². The molecule has 1 fully saturated rings. The standard InChI is InChI=1S/C19H20N6O2/c26-16-4-2-1-3-13(16)23-19-24-14-6-5-12(7-17(14)27-19)9-25-11-22-15-8-20-10-21-18(15)25/h5-8,10-11,13,16,26H,1-4,9H2,(H,23,24)/t13-,16-/m1/s1. The van der Waals surface area contributed by atoms with Crippen molar-refractivity contribution in [2.24, 2.45) is 0 Å². The predicted octanol–water partition coefficient (Wildman–Crippen LogP) is 2.73. The van der Waals surface area contributed by atoms with Crippen molar-refractivity contribution in [3.05, 3.63) is 42.6 Å². The number of aliphatic hydroxyl groups excluding tert-OH is 1. The van der Waals surface area contributed by atoms with E-state index in [9.17, 15) is 5.11 Å². The van der Waals surface area contributed by atoms with Gasteiger partial charge in [0.2, 0.25) is 0 Å². The monoisotopic (exact) mass is 364 g/mol. The molecule has 5 rings (SSSR count). The molecule has 138 valence electrons. The van der Waals surface area contributed by atoms with Gasteiger partial charge in [-0.3, -0.25) is 0 Å². The number of nitrogens with zero attached hydrogens (tertiary/aromatic N) is 5. The maximum absolute atomic E-state index is 10.1. The highest BCUT2D eigenvalue weighted by Gasteiger charge is 2.24. The molecule has 4 aromatic rings. The topological polar surface area (TPSA) is 102 Å². The summed E-state index contributed by atoms with van der Waals surface area (Å²) in [5.74, 6) is 0. The van der Waals surface area contributed by atoms with Crippen LogP contribution in [0.15, 0.2) is 41.5 Å². The van der Waals surface area contributed by atoms with Crippen LogP contribution in [0.5, 0.6) is 0 Å². The number of imidazole rings is 1. The van der Waals surface area contributed by atoms with Crippen LogP contribution in [0, 0.1) is 0 Å². The fraction of sp³-hybridized carbons (Fsp3) is 0.368. The van der Waals surface area contributed by atoms with Crippen LogP contribution in [-0.2, 0) is 6.54 Å². The molecule has 1 aromatic carbocycles. The van der Waals surface area contributed by atoms with E-state index in [0.717, 1.165) is 53.5 Å². The maximum atomic E-state index is 10.1. The second-order valence-electron chi connectivity index (χ2n) is 7.03. The third-order valence-corrected chi connectivity index (χ3v) is 5.12. The molecule has 3 aromatic heterocycles. The third kappa shape index (κ3) is 3.12. The molecule has 8 heteroatoms. The molecule has 2 N–H and O–H groups in total. The SMILES string of the molecule is O[C@@H]1CCCC[C@H]1Nc1nc2ccc(Cn3cnc4cncnc43)cc2o1.